The summed E-state index contributed by atoms with van der Waals surface area (Å²) in [5.41, 5.74) is 1.73. The van der Waals surface area contributed by atoms with Gasteiger partial charge >= 0.3 is 0 Å². The molecule has 1 saturated heterocycles. The molecular weight excluding hydrogens is 276 g/mol. The first-order valence-electron chi connectivity index (χ1n) is 6.97. The Hall–Kier alpha value is -1.10. The highest BCUT2D eigenvalue weighted by Gasteiger charge is 2.20. The van der Waals surface area contributed by atoms with E-state index in [4.69, 9.17) is 16.7 Å². The van der Waals surface area contributed by atoms with Crippen LogP contribution in [0.25, 0.3) is 0 Å². The van der Waals surface area contributed by atoms with Crippen molar-refractivity contribution in [3.63, 3.8) is 0 Å². The first-order chi connectivity index (χ1) is 9.58. The molecule has 1 aliphatic heterocycles. The van der Waals surface area contributed by atoms with E-state index in [0.29, 0.717) is 23.2 Å². The topological polar surface area (TPSA) is 52.6 Å². The van der Waals surface area contributed by atoms with E-state index in [-0.39, 0.29) is 12.5 Å². The van der Waals surface area contributed by atoms with Crippen molar-refractivity contribution in [3.05, 3.63) is 28.8 Å². The third-order valence-electron chi connectivity index (χ3n) is 3.73. The number of aliphatic hydroxyl groups is 1. The van der Waals surface area contributed by atoms with Crippen LogP contribution in [0.4, 0.5) is 5.69 Å². The van der Waals surface area contributed by atoms with Crippen molar-refractivity contribution in [1.29, 1.82) is 0 Å². The number of hydrogen-bond donors (Lipinski definition) is 2. The van der Waals surface area contributed by atoms with Gasteiger partial charge in [-0.3, -0.25) is 9.69 Å². The van der Waals surface area contributed by atoms with E-state index in [1.54, 1.807) is 0 Å². The lowest BCUT2D eigenvalue weighted by molar-refractivity contribution is -0.117. The Kier molecular flexibility index (Phi) is 5.40. The molecule has 0 radical (unpaired) electrons. The number of benzene rings is 1. The maximum Gasteiger partial charge on any atom is 0.238 e. The molecule has 0 spiro atoms. The van der Waals surface area contributed by atoms with Gasteiger partial charge in [0, 0.05) is 6.61 Å². The number of anilines is 1. The van der Waals surface area contributed by atoms with Crippen LogP contribution in [0, 0.1) is 12.8 Å². The first kappa shape index (κ1) is 15.3. The fourth-order valence-electron chi connectivity index (χ4n) is 2.44. The highest BCUT2D eigenvalue weighted by atomic mass is 35.5. The van der Waals surface area contributed by atoms with Crippen molar-refractivity contribution < 1.29 is 9.90 Å². The number of carbonyl (C=O) groups excluding carboxylic acids is 1. The van der Waals surface area contributed by atoms with Crippen molar-refractivity contribution in [2.75, 3.05) is 31.6 Å². The molecule has 1 fully saturated rings. The van der Waals surface area contributed by atoms with Crippen LogP contribution in [0.3, 0.4) is 0 Å². The molecule has 2 rings (SSSR count). The third-order valence-corrected chi connectivity index (χ3v) is 4.04. The van der Waals surface area contributed by atoms with Crippen LogP contribution in [0.5, 0.6) is 0 Å². The van der Waals surface area contributed by atoms with Crippen LogP contribution in [0.2, 0.25) is 5.02 Å². The summed E-state index contributed by atoms with van der Waals surface area (Å²) in [6.07, 6.45) is 1.91. The zero-order chi connectivity index (χ0) is 14.5. The molecule has 5 heteroatoms. The van der Waals surface area contributed by atoms with Crippen molar-refractivity contribution in [2.24, 2.45) is 5.92 Å². The number of aliphatic hydroxyl groups excluding tert-OH is 1. The SMILES string of the molecule is Cc1ccc(NC(=O)CN2CCC(CO)CC2)c(Cl)c1. The zero-order valence-electron chi connectivity index (χ0n) is 11.7. The molecule has 1 aromatic rings. The molecule has 110 valence electrons. The number of piperidine rings is 1. The van der Waals surface area contributed by atoms with Crippen molar-refractivity contribution in [1.82, 2.24) is 4.90 Å². The van der Waals surface area contributed by atoms with Gasteiger partial charge in [0.25, 0.3) is 0 Å². The summed E-state index contributed by atoms with van der Waals surface area (Å²) in [6, 6.07) is 5.59. The second-order valence-electron chi connectivity index (χ2n) is 5.43. The minimum atomic E-state index is -0.0433. The zero-order valence-corrected chi connectivity index (χ0v) is 12.5. The smallest absolute Gasteiger partial charge is 0.238 e. The Balaban J connectivity index is 1.84. The van der Waals surface area contributed by atoms with Gasteiger partial charge in [0.2, 0.25) is 5.91 Å². The lowest BCUT2D eigenvalue weighted by Crippen LogP contribution is -2.39. The second-order valence-corrected chi connectivity index (χ2v) is 5.84. The quantitative estimate of drug-likeness (QED) is 0.896. The van der Waals surface area contributed by atoms with Crippen molar-refractivity contribution in [3.8, 4) is 0 Å². The maximum absolute atomic E-state index is 12.0. The Labute approximate surface area is 124 Å². The number of nitrogens with zero attached hydrogens (tertiary/aromatic N) is 1. The summed E-state index contributed by atoms with van der Waals surface area (Å²) in [5, 5.41) is 12.5. The average Bonchev–Trinajstić information content (AvgIpc) is 2.43. The van der Waals surface area contributed by atoms with Crippen LogP contribution in [-0.4, -0.2) is 42.2 Å². The van der Waals surface area contributed by atoms with E-state index in [1.807, 2.05) is 25.1 Å². The molecule has 0 aromatic heterocycles. The van der Waals surface area contributed by atoms with Crippen LogP contribution < -0.4 is 5.32 Å². The van der Waals surface area contributed by atoms with Crippen LogP contribution >= 0.6 is 11.6 Å². The molecule has 0 atom stereocenters. The average molecular weight is 297 g/mol. The van der Waals surface area contributed by atoms with Crippen molar-refractivity contribution in [2.45, 2.75) is 19.8 Å². The van der Waals surface area contributed by atoms with Crippen LogP contribution in [0.1, 0.15) is 18.4 Å². The van der Waals surface area contributed by atoms with Crippen molar-refractivity contribution >= 4 is 23.2 Å². The van der Waals surface area contributed by atoms with E-state index < -0.39 is 0 Å². The van der Waals surface area contributed by atoms with Gasteiger partial charge in [0.1, 0.15) is 0 Å². The maximum atomic E-state index is 12.0. The van der Waals surface area contributed by atoms with Gasteiger partial charge < -0.3 is 10.4 Å². The number of rotatable bonds is 4. The Morgan fingerprint density at radius 3 is 2.75 bits per heavy atom. The number of hydrogen-bond acceptors (Lipinski definition) is 3. The molecule has 1 aromatic carbocycles. The van der Waals surface area contributed by atoms with Gasteiger partial charge in [-0.15, -0.1) is 0 Å². The van der Waals surface area contributed by atoms with E-state index in [1.165, 1.54) is 0 Å². The second kappa shape index (κ2) is 7.07. The minimum absolute atomic E-state index is 0.0433. The Morgan fingerprint density at radius 1 is 1.45 bits per heavy atom. The third kappa shape index (κ3) is 4.20. The van der Waals surface area contributed by atoms with Gasteiger partial charge in [0.15, 0.2) is 0 Å². The van der Waals surface area contributed by atoms with Gasteiger partial charge in [-0.2, -0.15) is 0 Å². The fraction of sp³-hybridized carbons (Fsp3) is 0.533. The van der Waals surface area contributed by atoms with Gasteiger partial charge in [-0.1, -0.05) is 17.7 Å². The summed E-state index contributed by atoms with van der Waals surface area (Å²) in [5.74, 6) is 0.346. The minimum Gasteiger partial charge on any atom is -0.396 e. The van der Waals surface area contributed by atoms with E-state index in [2.05, 4.69) is 10.2 Å². The number of aryl methyl sites for hydroxylation is 1. The standard InChI is InChI=1S/C15H21ClN2O2/c1-11-2-3-14(13(16)8-11)17-15(20)9-18-6-4-12(10-19)5-7-18/h2-3,8,12,19H,4-7,9-10H2,1H3,(H,17,20). The summed E-state index contributed by atoms with van der Waals surface area (Å²) in [6.45, 7) is 4.31. The predicted octanol–water partition coefficient (Wildman–Crippen LogP) is 2.29. The van der Waals surface area contributed by atoms with E-state index in [9.17, 15) is 4.79 Å². The number of halogens is 1. The van der Waals surface area contributed by atoms with Crippen LogP contribution in [0.15, 0.2) is 18.2 Å². The lowest BCUT2D eigenvalue weighted by atomic mass is 9.98. The number of carbonyl (C=O) groups is 1. The fourth-order valence-corrected chi connectivity index (χ4v) is 2.72. The molecule has 4 nitrogen and oxygen atoms in total. The first-order valence-corrected chi connectivity index (χ1v) is 7.35. The molecule has 0 unspecified atom stereocenters. The summed E-state index contributed by atoms with van der Waals surface area (Å²) in [7, 11) is 0. The van der Waals surface area contributed by atoms with Gasteiger partial charge in [-0.05, 0) is 56.5 Å². The van der Waals surface area contributed by atoms with Gasteiger partial charge in [-0.25, -0.2) is 0 Å². The van der Waals surface area contributed by atoms with Crippen LogP contribution in [-0.2, 0) is 4.79 Å². The number of amides is 1. The number of likely N-dealkylation sites (tertiary alicyclic amines) is 1. The molecule has 2 N–H and O–H groups in total. The molecule has 1 heterocycles. The molecule has 0 aliphatic carbocycles. The molecular formula is C15H21ClN2O2. The normalized spacial score (nSPS) is 17.1. The monoisotopic (exact) mass is 296 g/mol. The van der Waals surface area contributed by atoms with E-state index >= 15 is 0 Å². The molecule has 0 bridgehead atoms. The molecule has 1 aliphatic rings. The molecule has 20 heavy (non-hydrogen) atoms. The number of nitrogens with one attached hydrogen (secondary N) is 1. The summed E-state index contributed by atoms with van der Waals surface area (Å²) < 4.78 is 0. The van der Waals surface area contributed by atoms with Gasteiger partial charge in [0.05, 0.1) is 17.3 Å². The largest absolute Gasteiger partial charge is 0.396 e. The summed E-state index contributed by atoms with van der Waals surface area (Å²) in [4.78, 5) is 14.1. The summed E-state index contributed by atoms with van der Waals surface area (Å²) >= 11 is 6.10. The molecule has 1 amide bonds. The Morgan fingerprint density at radius 2 is 2.15 bits per heavy atom. The molecule has 0 saturated carbocycles. The highest BCUT2D eigenvalue weighted by Crippen LogP contribution is 2.23. The predicted molar refractivity (Wildman–Crippen MR) is 81.1 cm³/mol. The highest BCUT2D eigenvalue weighted by molar-refractivity contribution is 6.33. The lowest BCUT2D eigenvalue weighted by Gasteiger charge is -2.30. The Bertz CT molecular complexity index is 471. The van der Waals surface area contributed by atoms with E-state index in [0.717, 1.165) is 31.5 Å².